The summed E-state index contributed by atoms with van der Waals surface area (Å²) < 4.78 is 12.5. The molecule has 138 valence electrons. The molecule has 0 bridgehead atoms. The lowest BCUT2D eigenvalue weighted by molar-refractivity contribution is 0.0296. The predicted octanol–water partition coefficient (Wildman–Crippen LogP) is 1.80. The fraction of sp³-hybridized carbons (Fsp3) is 0.421. The molecule has 3 rings (SSSR count). The molecule has 1 fully saturated rings. The SMILES string of the molecule is CCCOc1cc(=O)c(C(=O)N2CCOCC2)nn1-c1ccc(C)cc1. The van der Waals surface area contributed by atoms with E-state index < -0.39 is 5.43 Å². The standard InChI is InChI=1S/C19H23N3O4/c1-3-10-26-17-13-16(23)18(19(24)21-8-11-25-12-9-21)20-22(17)15-6-4-14(2)5-7-15/h4-7,13H,3,8-12H2,1-2H3. The van der Waals surface area contributed by atoms with Crippen molar-refractivity contribution < 1.29 is 14.3 Å². The molecule has 2 aromatic rings. The molecule has 26 heavy (non-hydrogen) atoms. The van der Waals surface area contributed by atoms with Crippen LogP contribution in [0.15, 0.2) is 35.1 Å². The summed E-state index contributed by atoms with van der Waals surface area (Å²) in [6, 6.07) is 9.00. The fourth-order valence-corrected chi connectivity index (χ4v) is 2.68. The Bertz CT molecular complexity index is 824. The van der Waals surface area contributed by atoms with E-state index in [1.165, 1.54) is 10.7 Å². The van der Waals surface area contributed by atoms with Crippen molar-refractivity contribution in [3.05, 3.63) is 51.8 Å². The first-order valence-electron chi connectivity index (χ1n) is 8.81. The second-order valence-electron chi connectivity index (χ2n) is 6.20. The van der Waals surface area contributed by atoms with Crippen LogP contribution >= 0.6 is 0 Å². The van der Waals surface area contributed by atoms with Crippen molar-refractivity contribution in [2.24, 2.45) is 0 Å². The minimum absolute atomic E-state index is 0.101. The van der Waals surface area contributed by atoms with Crippen LogP contribution in [0.5, 0.6) is 5.88 Å². The Balaban J connectivity index is 2.03. The van der Waals surface area contributed by atoms with Crippen LogP contribution in [0.1, 0.15) is 29.4 Å². The molecule has 1 saturated heterocycles. The highest BCUT2D eigenvalue weighted by atomic mass is 16.5. The van der Waals surface area contributed by atoms with Gasteiger partial charge in [0.15, 0.2) is 5.69 Å². The van der Waals surface area contributed by atoms with Crippen molar-refractivity contribution in [2.45, 2.75) is 20.3 Å². The molecule has 1 aromatic carbocycles. The summed E-state index contributed by atoms with van der Waals surface area (Å²) in [7, 11) is 0. The summed E-state index contributed by atoms with van der Waals surface area (Å²) in [6.07, 6.45) is 0.802. The number of rotatable bonds is 5. The lowest BCUT2D eigenvalue weighted by atomic mass is 10.2. The minimum atomic E-state index is -0.434. The number of aryl methyl sites for hydroxylation is 1. The van der Waals surface area contributed by atoms with E-state index in [-0.39, 0.29) is 11.6 Å². The molecule has 0 spiro atoms. The van der Waals surface area contributed by atoms with Gasteiger partial charge < -0.3 is 14.4 Å². The van der Waals surface area contributed by atoms with E-state index in [4.69, 9.17) is 9.47 Å². The molecule has 7 heteroatoms. The van der Waals surface area contributed by atoms with Crippen LogP contribution < -0.4 is 10.2 Å². The van der Waals surface area contributed by atoms with E-state index in [0.717, 1.165) is 17.7 Å². The van der Waals surface area contributed by atoms with Crippen LogP contribution in [-0.2, 0) is 4.74 Å². The molecule has 7 nitrogen and oxygen atoms in total. The van der Waals surface area contributed by atoms with Gasteiger partial charge in [0, 0.05) is 13.1 Å². The van der Waals surface area contributed by atoms with Crippen molar-refractivity contribution in [1.82, 2.24) is 14.7 Å². The maximum Gasteiger partial charge on any atom is 0.278 e. The molecule has 1 amide bonds. The van der Waals surface area contributed by atoms with E-state index >= 15 is 0 Å². The van der Waals surface area contributed by atoms with E-state index in [1.807, 2.05) is 38.1 Å². The average Bonchev–Trinajstić information content (AvgIpc) is 2.67. The highest BCUT2D eigenvalue weighted by Crippen LogP contribution is 2.17. The van der Waals surface area contributed by atoms with E-state index in [0.29, 0.717) is 38.8 Å². The number of ether oxygens (including phenoxy) is 2. The quantitative estimate of drug-likeness (QED) is 0.816. The number of nitrogens with zero attached hydrogens (tertiary/aromatic N) is 3. The maximum absolute atomic E-state index is 12.7. The molecule has 0 aliphatic carbocycles. The lowest BCUT2D eigenvalue weighted by Gasteiger charge is -2.26. The summed E-state index contributed by atoms with van der Waals surface area (Å²) >= 11 is 0. The second kappa shape index (κ2) is 8.14. The summed E-state index contributed by atoms with van der Waals surface area (Å²) in [5.74, 6) is -0.0413. The Morgan fingerprint density at radius 2 is 1.92 bits per heavy atom. The van der Waals surface area contributed by atoms with Crippen LogP contribution in [0.2, 0.25) is 0 Å². The first-order chi connectivity index (χ1) is 12.6. The predicted molar refractivity (Wildman–Crippen MR) is 97.1 cm³/mol. The highest BCUT2D eigenvalue weighted by Gasteiger charge is 2.24. The molecule has 0 saturated carbocycles. The summed E-state index contributed by atoms with van der Waals surface area (Å²) in [5.41, 5.74) is 1.31. The second-order valence-corrected chi connectivity index (χ2v) is 6.20. The van der Waals surface area contributed by atoms with Crippen LogP contribution in [0.3, 0.4) is 0 Å². The first-order valence-corrected chi connectivity index (χ1v) is 8.81. The number of hydrogen-bond acceptors (Lipinski definition) is 5. The molecule has 0 radical (unpaired) electrons. The number of benzene rings is 1. The topological polar surface area (TPSA) is 73.7 Å². The van der Waals surface area contributed by atoms with Crippen LogP contribution in [0.25, 0.3) is 5.69 Å². The Morgan fingerprint density at radius 1 is 1.23 bits per heavy atom. The average molecular weight is 357 g/mol. The van der Waals surface area contributed by atoms with Crippen molar-refractivity contribution in [3.8, 4) is 11.6 Å². The highest BCUT2D eigenvalue weighted by molar-refractivity contribution is 5.92. The van der Waals surface area contributed by atoms with E-state index in [1.54, 1.807) is 4.90 Å². The molecular weight excluding hydrogens is 334 g/mol. The van der Waals surface area contributed by atoms with Gasteiger partial charge in [-0.3, -0.25) is 9.59 Å². The monoisotopic (exact) mass is 357 g/mol. The number of carbonyl (C=O) groups excluding carboxylic acids is 1. The molecule has 0 atom stereocenters. The van der Waals surface area contributed by atoms with E-state index in [2.05, 4.69) is 5.10 Å². The van der Waals surface area contributed by atoms with Crippen molar-refractivity contribution in [2.75, 3.05) is 32.9 Å². The molecule has 1 aliphatic rings. The number of carbonyl (C=O) groups is 1. The number of hydrogen-bond donors (Lipinski definition) is 0. The zero-order chi connectivity index (χ0) is 18.5. The molecule has 0 N–H and O–H groups in total. The van der Waals surface area contributed by atoms with Gasteiger partial charge in [-0.15, -0.1) is 0 Å². The van der Waals surface area contributed by atoms with Gasteiger partial charge in [0.2, 0.25) is 11.3 Å². The lowest BCUT2D eigenvalue weighted by Crippen LogP contribution is -2.43. The first kappa shape index (κ1) is 18.1. The smallest absolute Gasteiger partial charge is 0.278 e. The van der Waals surface area contributed by atoms with Gasteiger partial charge in [0.25, 0.3) is 5.91 Å². The third kappa shape index (κ3) is 3.94. The fourth-order valence-electron chi connectivity index (χ4n) is 2.68. The van der Waals surface area contributed by atoms with Gasteiger partial charge in [-0.2, -0.15) is 5.10 Å². The van der Waals surface area contributed by atoms with Gasteiger partial charge in [0.05, 0.1) is 31.6 Å². The van der Waals surface area contributed by atoms with Crippen LogP contribution in [0.4, 0.5) is 0 Å². The largest absolute Gasteiger partial charge is 0.478 e. The molecule has 1 aromatic heterocycles. The molecule has 1 aliphatic heterocycles. The maximum atomic E-state index is 12.7. The van der Waals surface area contributed by atoms with Crippen molar-refractivity contribution >= 4 is 5.91 Å². The third-order valence-electron chi connectivity index (χ3n) is 4.13. The molecule has 2 heterocycles. The van der Waals surface area contributed by atoms with Crippen molar-refractivity contribution in [1.29, 1.82) is 0 Å². The Hall–Kier alpha value is -2.67. The van der Waals surface area contributed by atoms with Gasteiger partial charge in [-0.1, -0.05) is 24.6 Å². The summed E-state index contributed by atoms with van der Waals surface area (Å²) in [6.45, 7) is 6.29. The third-order valence-corrected chi connectivity index (χ3v) is 4.13. The molecular formula is C19H23N3O4. The number of aromatic nitrogens is 2. The number of amides is 1. The van der Waals surface area contributed by atoms with Gasteiger partial charge in [0.1, 0.15) is 0 Å². The van der Waals surface area contributed by atoms with Crippen molar-refractivity contribution in [3.63, 3.8) is 0 Å². The van der Waals surface area contributed by atoms with E-state index in [9.17, 15) is 9.59 Å². The zero-order valence-corrected chi connectivity index (χ0v) is 15.1. The zero-order valence-electron chi connectivity index (χ0n) is 15.1. The summed E-state index contributed by atoms with van der Waals surface area (Å²) in [5, 5.41) is 4.35. The van der Waals surface area contributed by atoms with Crippen LogP contribution in [-0.4, -0.2) is 53.5 Å². The van der Waals surface area contributed by atoms with Crippen LogP contribution in [0, 0.1) is 6.92 Å². The summed E-state index contributed by atoms with van der Waals surface area (Å²) in [4.78, 5) is 26.8. The molecule has 0 unspecified atom stereocenters. The van der Waals surface area contributed by atoms with Gasteiger partial charge in [-0.25, -0.2) is 4.68 Å². The Kier molecular flexibility index (Phi) is 5.68. The van der Waals surface area contributed by atoms with Gasteiger partial charge in [-0.05, 0) is 25.5 Å². The number of morpholine rings is 1. The van der Waals surface area contributed by atoms with Gasteiger partial charge >= 0.3 is 0 Å². The Labute approximate surface area is 152 Å². The Morgan fingerprint density at radius 3 is 2.58 bits per heavy atom. The normalized spacial score (nSPS) is 14.3. The minimum Gasteiger partial charge on any atom is -0.478 e.